The third kappa shape index (κ3) is 1.65. The molecule has 0 aromatic carbocycles. The average molecular weight is 196 g/mol. The molecule has 2 rings (SSSR count). The van der Waals surface area contributed by atoms with Crippen molar-refractivity contribution in [1.82, 2.24) is 4.90 Å². The van der Waals surface area contributed by atoms with Gasteiger partial charge >= 0.3 is 0 Å². The molecule has 3 heteroatoms. The van der Waals surface area contributed by atoms with Gasteiger partial charge in [0, 0.05) is 12.6 Å². The van der Waals surface area contributed by atoms with E-state index in [1.54, 1.807) is 6.92 Å². The van der Waals surface area contributed by atoms with Crippen molar-refractivity contribution >= 4 is 5.91 Å². The quantitative estimate of drug-likeness (QED) is 0.683. The Bertz CT molecular complexity index is 227. The largest absolute Gasteiger partial charge is 0.338 e. The van der Waals surface area contributed by atoms with E-state index in [1.807, 2.05) is 4.90 Å². The van der Waals surface area contributed by atoms with Crippen molar-refractivity contribution in [1.29, 1.82) is 0 Å². The minimum absolute atomic E-state index is 0.152. The SMILES string of the molecule is CC(N)C(=O)N1CC[C@@H]2CCCC[C@@H]21. The van der Waals surface area contributed by atoms with Crippen molar-refractivity contribution in [2.75, 3.05) is 6.54 Å². The van der Waals surface area contributed by atoms with E-state index in [4.69, 9.17) is 5.73 Å². The first-order chi connectivity index (χ1) is 6.70. The van der Waals surface area contributed by atoms with Crippen LogP contribution in [0, 0.1) is 5.92 Å². The first kappa shape index (κ1) is 9.97. The molecule has 1 saturated carbocycles. The van der Waals surface area contributed by atoms with Crippen LogP contribution < -0.4 is 5.73 Å². The third-order valence-corrected chi connectivity index (χ3v) is 3.68. The third-order valence-electron chi connectivity index (χ3n) is 3.68. The molecular formula is C11H20N2O. The van der Waals surface area contributed by atoms with E-state index in [9.17, 15) is 4.79 Å². The number of fused-ring (bicyclic) bond motifs is 1. The molecule has 0 aromatic heterocycles. The van der Waals surface area contributed by atoms with Gasteiger partial charge in [0.15, 0.2) is 0 Å². The second kappa shape index (κ2) is 3.89. The monoisotopic (exact) mass is 196 g/mol. The molecule has 1 heterocycles. The van der Waals surface area contributed by atoms with Crippen LogP contribution in [0.2, 0.25) is 0 Å². The fourth-order valence-corrected chi connectivity index (χ4v) is 2.94. The highest BCUT2D eigenvalue weighted by molar-refractivity contribution is 5.81. The van der Waals surface area contributed by atoms with Crippen LogP contribution in [0.4, 0.5) is 0 Å². The predicted molar refractivity (Wildman–Crippen MR) is 55.7 cm³/mol. The normalized spacial score (nSPS) is 34.0. The van der Waals surface area contributed by atoms with Crippen LogP contribution in [0.15, 0.2) is 0 Å². The smallest absolute Gasteiger partial charge is 0.239 e. The Morgan fingerprint density at radius 2 is 2.07 bits per heavy atom. The molecule has 3 nitrogen and oxygen atoms in total. The summed E-state index contributed by atoms with van der Waals surface area (Å²) < 4.78 is 0. The number of hydrogen-bond donors (Lipinski definition) is 1. The number of hydrogen-bond acceptors (Lipinski definition) is 2. The lowest BCUT2D eigenvalue weighted by molar-refractivity contribution is -0.133. The predicted octanol–water partition coefficient (Wildman–Crippen LogP) is 1.12. The lowest BCUT2D eigenvalue weighted by Gasteiger charge is -2.32. The van der Waals surface area contributed by atoms with Gasteiger partial charge < -0.3 is 10.6 Å². The van der Waals surface area contributed by atoms with Gasteiger partial charge in [0.1, 0.15) is 0 Å². The molecule has 0 bridgehead atoms. The van der Waals surface area contributed by atoms with Crippen LogP contribution in [-0.2, 0) is 4.79 Å². The Hall–Kier alpha value is -0.570. The van der Waals surface area contributed by atoms with Crippen LogP contribution >= 0.6 is 0 Å². The first-order valence-electron chi connectivity index (χ1n) is 5.76. The zero-order valence-electron chi connectivity index (χ0n) is 8.91. The van der Waals surface area contributed by atoms with E-state index >= 15 is 0 Å². The summed E-state index contributed by atoms with van der Waals surface area (Å²) in [7, 11) is 0. The topological polar surface area (TPSA) is 46.3 Å². The highest BCUT2D eigenvalue weighted by atomic mass is 16.2. The van der Waals surface area contributed by atoms with Gasteiger partial charge in [-0.15, -0.1) is 0 Å². The molecule has 1 aliphatic heterocycles. The van der Waals surface area contributed by atoms with Gasteiger partial charge in [0.25, 0.3) is 0 Å². The maximum Gasteiger partial charge on any atom is 0.239 e. The average Bonchev–Trinajstić information content (AvgIpc) is 2.60. The second-order valence-electron chi connectivity index (χ2n) is 4.72. The molecular weight excluding hydrogens is 176 g/mol. The number of carbonyl (C=O) groups is 1. The number of nitrogens with zero attached hydrogens (tertiary/aromatic N) is 1. The maximum absolute atomic E-state index is 11.8. The zero-order valence-corrected chi connectivity index (χ0v) is 8.91. The molecule has 0 spiro atoms. The minimum Gasteiger partial charge on any atom is -0.338 e. The van der Waals surface area contributed by atoms with Gasteiger partial charge in [-0.05, 0) is 32.1 Å². The number of carbonyl (C=O) groups excluding carboxylic acids is 1. The van der Waals surface area contributed by atoms with Crippen LogP contribution in [0.25, 0.3) is 0 Å². The van der Waals surface area contributed by atoms with E-state index in [-0.39, 0.29) is 11.9 Å². The number of likely N-dealkylation sites (tertiary alicyclic amines) is 1. The molecule has 1 saturated heterocycles. The van der Waals surface area contributed by atoms with Gasteiger partial charge in [-0.1, -0.05) is 12.8 Å². The summed E-state index contributed by atoms with van der Waals surface area (Å²) in [6.45, 7) is 2.73. The molecule has 0 aromatic rings. The van der Waals surface area contributed by atoms with E-state index in [2.05, 4.69) is 0 Å². The first-order valence-corrected chi connectivity index (χ1v) is 5.76. The summed E-state index contributed by atoms with van der Waals surface area (Å²) in [6, 6.07) is 0.193. The molecule has 80 valence electrons. The van der Waals surface area contributed by atoms with Gasteiger partial charge in [-0.25, -0.2) is 0 Å². The fraction of sp³-hybridized carbons (Fsp3) is 0.909. The van der Waals surface area contributed by atoms with Crippen LogP contribution in [0.5, 0.6) is 0 Å². The van der Waals surface area contributed by atoms with Gasteiger partial charge in [-0.3, -0.25) is 4.79 Å². The number of amides is 1. The number of nitrogens with two attached hydrogens (primary N) is 1. The molecule has 14 heavy (non-hydrogen) atoms. The highest BCUT2D eigenvalue weighted by Crippen LogP contribution is 2.36. The van der Waals surface area contributed by atoms with E-state index in [1.165, 1.54) is 32.1 Å². The Kier molecular flexibility index (Phi) is 2.77. The Morgan fingerprint density at radius 1 is 1.36 bits per heavy atom. The van der Waals surface area contributed by atoms with Gasteiger partial charge in [-0.2, -0.15) is 0 Å². The van der Waals surface area contributed by atoms with E-state index in [0.717, 1.165) is 12.5 Å². The fourth-order valence-electron chi connectivity index (χ4n) is 2.94. The van der Waals surface area contributed by atoms with Crippen molar-refractivity contribution in [3.8, 4) is 0 Å². The van der Waals surface area contributed by atoms with Crippen molar-refractivity contribution in [3.05, 3.63) is 0 Å². The molecule has 2 N–H and O–H groups in total. The lowest BCUT2D eigenvalue weighted by Crippen LogP contribution is -2.46. The summed E-state index contributed by atoms with van der Waals surface area (Å²) in [5.41, 5.74) is 5.65. The Balaban J connectivity index is 2.03. The Morgan fingerprint density at radius 3 is 2.79 bits per heavy atom. The van der Waals surface area contributed by atoms with E-state index in [0.29, 0.717) is 6.04 Å². The van der Waals surface area contributed by atoms with Crippen molar-refractivity contribution in [2.24, 2.45) is 11.7 Å². The molecule has 2 aliphatic rings. The van der Waals surface area contributed by atoms with E-state index < -0.39 is 0 Å². The summed E-state index contributed by atoms with van der Waals surface area (Å²) in [5, 5.41) is 0. The Labute approximate surface area is 85.6 Å². The van der Waals surface area contributed by atoms with Gasteiger partial charge in [0.2, 0.25) is 5.91 Å². The summed E-state index contributed by atoms with van der Waals surface area (Å²) >= 11 is 0. The van der Waals surface area contributed by atoms with Crippen molar-refractivity contribution in [3.63, 3.8) is 0 Å². The molecule has 1 unspecified atom stereocenters. The summed E-state index contributed by atoms with van der Waals surface area (Å²) in [5.74, 6) is 0.922. The van der Waals surface area contributed by atoms with Crippen LogP contribution in [0.3, 0.4) is 0 Å². The van der Waals surface area contributed by atoms with Gasteiger partial charge in [0.05, 0.1) is 6.04 Å². The molecule has 1 aliphatic carbocycles. The second-order valence-corrected chi connectivity index (χ2v) is 4.72. The molecule has 0 radical (unpaired) electrons. The molecule has 1 amide bonds. The highest BCUT2D eigenvalue weighted by Gasteiger charge is 2.38. The minimum atomic E-state index is -0.323. The van der Waals surface area contributed by atoms with Crippen molar-refractivity contribution in [2.45, 2.75) is 51.1 Å². The number of rotatable bonds is 1. The van der Waals surface area contributed by atoms with Crippen LogP contribution in [-0.4, -0.2) is 29.4 Å². The van der Waals surface area contributed by atoms with Crippen LogP contribution in [0.1, 0.15) is 39.0 Å². The zero-order chi connectivity index (χ0) is 10.1. The molecule has 3 atom stereocenters. The summed E-state index contributed by atoms with van der Waals surface area (Å²) in [6.07, 6.45) is 6.34. The standard InChI is InChI=1S/C11H20N2O/c1-8(12)11(14)13-7-6-9-4-2-3-5-10(9)13/h8-10H,2-7,12H2,1H3/t8?,9-,10-/m0/s1. The summed E-state index contributed by atoms with van der Waals surface area (Å²) in [4.78, 5) is 13.8. The van der Waals surface area contributed by atoms with Crippen molar-refractivity contribution < 1.29 is 4.79 Å². The molecule has 2 fully saturated rings. The lowest BCUT2D eigenvalue weighted by atomic mass is 9.85. The maximum atomic E-state index is 11.8.